The van der Waals surface area contributed by atoms with Gasteiger partial charge in [-0.1, -0.05) is 6.92 Å². The highest BCUT2D eigenvalue weighted by Crippen LogP contribution is 2.20. The molecule has 13 heavy (non-hydrogen) atoms. The number of nitrogens with zero attached hydrogens (tertiary/aromatic N) is 1. The van der Waals surface area contributed by atoms with Gasteiger partial charge in [0.25, 0.3) is 0 Å². The van der Waals surface area contributed by atoms with Crippen molar-refractivity contribution in [2.75, 3.05) is 20.1 Å². The molecule has 0 aromatic rings. The Kier molecular flexibility index (Phi) is 2.96. The molecule has 1 N–H and O–H groups in total. The average Bonchev–Trinajstić information content (AvgIpc) is 1.99. The minimum Gasteiger partial charge on any atom is -0.340 e. The quantitative estimate of drug-likeness (QED) is 0.705. The topological polar surface area (TPSA) is 32.3 Å². The van der Waals surface area contributed by atoms with Gasteiger partial charge in [0.2, 0.25) is 5.91 Å². The molecular formula is C10H20N2O. The number of rotatable bonds is 3. The Morgan fingerprint density at radius 3 is 2.38 bits per heavy atom. The normalized spacial score (nSPS) is 18.2. The van der Waals surface area contributed by atoms with Crippen molar-refractivity contribution in [3.05, 3.63) is 0 Å². The van der Waals surface area contributed by atoms with Gasteiger partial charge in [-0.2, -0.15) is 0 Å². The molecule has 0 atom stereocenters. The van der Waals surface area contributed by atoms with Crippen molar-refractivity contribution >= 4 is 5.91 Å². The van der Waals surface area contributed by atoms with Gasteiger partial charge in [0.05, 0.1) is 5.92 Å². The fraction of sp³-hybridized carbons (Fsp3) is 0.900. The second-order valence-electron chi connectivity index (χ2n) is 4.42. The summed E-state index contributed by atoms with van der Waals surface area (Å²) in [5.41, 5.74) is -0.00727. The lowest BCUT2D eigenvalue weighted by atomic mass is 9.95. The predicted molar refractivity (Wildman–Crippen MR) is 53.5 cm³/mol. The lowest BCUT2D eigenvalue weighted by Crippen LogP contribution is -2.55. The molecule has 1 rings (SSSR count). The van der Waals surface area contributed by atoms with Crippen molar-refractivity contribution in [3.8, 4) is 0 Å². The Balaban J connectivity index is 2.55. The van der Waals surface area contributed by atoms with Gasteiger partial charge in [0.1, 0.15) is 0 Å². The molecule has 0 unspecified atom stereocenters. The zero-order chi connectivity index (χ0) is 10.1. The van der Waals surface area contributed by atoms with Gasteiger partial charge in [-0.25, -0.2) is 0 Å². The van der Waals surface area contributed by atoms with E-state index < -0.39 is 0 Å². The monoisotopic (exact) mass is 184 g/mol. The van der Waals surface area contributed by atoms with Crippen LogP contribution in [0.1, 0.15) is 27.2 Å². The van der Waals surface area contributed by atoms with Gasteiger partial charge < -0.3 is 10.2 Å². The first kappa shape index (κ1) is 10.5. The predicted octanol–water partition coefficient (Wildman–Crippen LogP) is 0.853. The van der Waals surface area contributed by atoms with Crippen molar-refractivity contribution < 1.29 is 4.79 Å². The van der Waals surface area contributed by atoms with Gasteiger partial charge in [0.15, 0.2) is 0 Å². The van der Waals surface area contributed by atoms with E-state index >= 15 is 0 Å². The number of hydrogen-bond acceptors (Lipinski definition) is 2. The first-order chi connectivity index (χ1) is 5.99. The highest BCUT2D eigenvalue weighted by atomic mass is 16.2. The number of amides is 1. The Morgan fingerprint density at radius 2 is 2.08 bits per heavy atom. The fourth-order valence-corrected chi connectivity index (χ4v) is 1.27. The number of hydrogen-bond donors (Lipinski definition) is 1. The van der Waals surface area contributed by atoms with Gasteiger partial charge in [0, 0.05) is 25.7 Å². The Morgan fingerprint density at radius 1 is 1.54 bits per heavy atom. The van der Waals surface area contributed by atoms with Gasteiger partial charge >= 0.3 is 0 Å². The zero-order valence-electron chi connectivity index (χ0n) is 9.05. The van der Waals surface area contributed by atoms with Gasteiger partial charge in [-0.15, -0.1) is 0 Å². The molecule has 1 aliphatic heterocycles. The molecule has 0 aliphatic carbocycles. The minimum absolute atomic E-state index is 0.00727. The number of nitrogens with one attached hydrogen (secondary N) is 1. The molecule has 1 aliphatic rings. The summed E-state index contributed by atoms with van der Waals surface area (Å²) >= 11 is 0. The maximum atomic E-state index is 11.8. The smallest absolute Gasteiger partial charge is 0.228 e. The summed E-state index contributed by atoms with van der Waals surface area (Å²) in [5.74, 6) is 0.501. The largest absolute Gasteiger partial charge is 0.340 e. The molecule has 0 spiro atoms. The molecule has 0 saturated carbocycles. The summed E-state index contributed by atoms with van der Waals surface area (Å²) in [6.07, 6.45) is 0.995. The Hall–Kier alpha value is -0.570. The maximum absolute atomic E-state index is 11.8. The summed E-state index contributed by atoms with van der Waals surface area (Å²) < 4.78 is 0. The average molecular weight is 184 g/mol. The lowest BCUT2D eigenvalue weighted by molar-refractivity contribution is -0.140. The van der Waals surface area contributed by atoms with E-state index in [2.05, 4.69) is 26.1 Å². The van der Waals surface area contributed by atoms with E-state index in [0.717, 1.165) is 19.5 Å². The van der Waals surface area contributed by atoms with E-state index in [1.54, 1.807) is 0 Å². The number of carbonyl (C=O) groups excluding carboxylic acids is 1. The van der Waals surface area contributed by atoms with Crippen molar-refractivity contribution in [2.45, 2.75) is 32.7 Å². The van der Waals surface area contributed by atoms with E-state index in [-0.39, 0.29) is 17.4 Å². The molecule has 0 radical (unpaired) electrons. The SMILES string of the molecule is CCC(C)(C)N(C)C(=O)C1CNC1. The molecule has 76 valence electrons. The summed E-state index contributed by atoms with van der Waals surface area (Å²) in [6, 6.07) is 0. The highest BCUT2D eigenvalue weighted by Gasteiger charge is 2.33. The van der Waals surface area contributed by atoms with Crippen LogP contribution in [0, 0.1) is 5.92 Å². The molecule has 1 heterocycles. The standard InChI is InChI=1S/C10H20N2O/c1-5-10(2,3)12(4)9(13)8-6-11-7-8/h8,11H,5-7H2,1-4H3. The van der Waals surface area contributed by atoms with Gasteiger partial charge in [-0.05, 0) is 20.3 Å². The van der Waals surface area contributed by atoms with Crippen LogP contribution in [0.15, 0.2) is 0 Å². The van der Waals surface area contributed by atoms with Crippen molar-refractivity contribution in [3.63, 3.8) is 0 Å². The Bertz CT molecular complexity index is 197. The van der Waals surface area contributed by atoms with Crippen LogP contribution in [0.25, 0.3) is 0 Å². The first-order valence-corrected chi connectivity index (χ1v) is 4.97. The molecule has 1 amide bonds. The van der Waals surface area contributed by atoms with Crippen molar-refractivity contribution in [2.24, 2.45) is 5.92 Å². The summed E-state index contributed by atoms with van der Waals surface area (Å²) in [4.78, 5) is 13.7. The van der Waals surface area contributed by atoms with Crippen molar-refractivity contribution in [1.82, 2.24) is 10.2 Å². The van der Waals surface area contributed by atoms with Crippen LogP contribution in [0.3, 0.4) is 0 Å². The van der Waals surface area contributed by atoms with Crippen LogP contribution < -0.4 is 5.32 Å². The first-order valence-electron chi connectivity index (χ1n) is 4.97. The van der Waals surface area contributed by atoms with E-state index in [1.807, 2.05) is 11.9 Å². The molecule has 0 aromatic carbocycles. The number of carbonyl (C=O) groups is 1. The van der Waals surface area contributed by atoms with E-state index in [9.17, 15) is 4.79 Å². The fourth-order valence-electron chi connectivity index (χ4n) is 1.27. The van der Waals surface area contributed by atoms with E-state index in [1.165, 1.54) is 0 Å². The van der Waals surface area contributed by atoms with E-state index in [4.69, 9.17) is 0 Å². The van der Waals surface area contributed by atoms with Crippen LogP contribution in [0.2, 0.25) is 0 Å². The van der Waals surface area contributed by atoms with Crippen LogP contribution >= 0.6 is 0 Å². The summed E-state index contributed by atoms with van der Waals surface area (Å²) in [6.45, 7) is 8.03. The molecule has 0 aromatic heterocycles. The second-order valence-corrected chi connectivity index (χ2v) is 4.42. The van der Waals surface area contributed by atoms with Crippen LogP contribution in [-0.4, -0.2) is 36.5 Å². The molecule has 3 heteroatoms. The zero-order valence-corrected chi connectivity index (χ0v) is 9.05. The van der Waals surface area contributed by atoms with Crippen LogP contribution in [0.5, 0.6) is 0 Å². The highest BCUT2D eigenvalue weighted by molar-refractivity contribution is 5.80. The van der Waals surface area contributed by atoms with Crippen molar-refractivity contribution in [1.29, 1.82) is 0 Å². The summed E-state index contributed by atoms with van der Waals surface area (Å²) in [5, 5.41) is 3.12. The molecule has 1 saturated heterocycles. The third-order valence-electron chi connectivity index (χ3n) is 3.23. The lowest BCUT2D eigenvalue weighted by Gasteiger charge is -2.39. The third-order valence-corrected chi connectivity index (χ3v) is 3.23. The molecule has 0 bridgehead atoms. The molecule has 3 nitrogen and oxygen atoms in total. The van der Waals surface area contributed by atoms with Crippen LogP contribution in [-0.2, 0) is 4.79 Å². The van der Waals surface area contributed by atoms with E-state index in [0.29, 0.717) is 0 Å². The second kappa shape index (κ2) is 3.66. The minimum atomic E-state index is -0.00727. The third kappa shape index (κ3) is 2.02. The Labute approximate surface area is 80.5 Å². The van der Waals surface area contributed by atoms with Gasteiger partial charge in [-0.3, -0.25) is 4.79 Å². The van der Waals surface area contributed by atoms with Crippen LogP contribution in [0.4, 0.5) is 0 Å². The molecule has 1 fully saturated rings. The molecular weight excluding hydrogens is 164 g/mol. The summed E-state index contributed by atoms with van der Waals surface area (Å²) in [7, 11) is 1.91. The maximum Gasteiger partial charge on any atom is 0.228 e.